The summed E-state index contributed by atoms with van der Waals surface area (Å²) in [5.41, 5.74) is 6.67. The Hall–Kier alpha value is -2.96. The Morgan fingerprint density at radius 2 is 1.74 bits per heavy atom. The molecule has 0 bridgehead atoms. The zero-order valence-corrected chi connectivity index (χ0v) is 15.9. The lowest BCUT2D eigenvalue weighted by atomic mass is 10.2. The van der Waals surface area contributed by atoms with E-state index in [1.165, 1.54) is 12.1 Å². The van der Waals surface area contributed by atoms with Gasteiger partial charge in [0.05, 0.1) is 25.4 Å². The molecule has 0 heterocycles. The van der Waals surface area contributed by atoms with Crippen molar-refractivity contribution in [3.05, 3.63) is 48.3 Å². The zero-order valence-electron chi connectivity index (χ0n) is 15.9. The fraction of sp³-hybridized carbons (Fsp3) is 0.350. The van der Waals surface area contributed by atoms with Gasteiger partial charge < -0.3 is 25.3 Å². The van der Waals surface area contributed by atoms with Crippen molar-refractivity contribution in [3.63, 3.8) is 0 Å². The summed E-state index contributed by atoms with van der Waals surface area (Å²) in [5.74, 6) is 1.88. The van der Waals surface area contributed by atoms with Crippen molar-refractivity contribution in [1.29, 1.82) is 0 Å². The Morgan fingerprint density at radius 3 is 2.41 bits per heavy atom. The molecular weight excluding hydrogens is 349 g/mol. The summed E-state index contributed by atoms with van der Waals surface area (Å²) in [6.45, 7) is 7.12. The number of rotatable bonds is 9. The SMILES string of the molecule is CCOc1ccc(OCC)c(NC(N)=NCC(C)Oc2ccc(F)cc2)c1. The second-order valence-corrected chi connectivity index (χ2v) is 5.76. The number of guanidine groups is 1. The van der Waals surface area contributed by atoms with E-state index in [0.717, 1.165) is 0 Å². The molecule has 2 aromatic rings. The van der Waals surface area contributed by atoms with Crippen LogP contribution in [0.15, 0.2) is 47.5 Å². The molecule has 6 nitrogen and oxygen atoms in total. The van der Waals surface area contributed by atoms with Crippen molar-refractivity contribution >= 4 is 11.6 Å². The van der Waals surface area contributed by atoms with Crippen LogP contribution in [0.1, 0.15) is 20.8 Å². The van der Waals surface area contributed by atoms with Gasteiger partial charge in [-0.25, -0.2) is 9.38 Å². The van der Waals surface area contributed by atoms with Crippen molar-refractivity contribution in [2.75, 3.05) is 25.1 Å². The molecule has 27 heavy (non-hydrogen) atoms. The predicted molar refractivity (Wildman–Crippen MR) is 105 cm³/mol. The van der Waals surface area contributed by atoms with Crippen molar-refractivity contribution in [2.24, 2.45) is 10.7 Å². The number of hydrogen-bond acceptors (Lipinski definition) is 4. The number of nitrogens with one attached hydrogen (secondary N) is 1. The normalized spacial score (nSPS) is 12.4. The molecule has 0 radical (unpaired) electrons. The maximum atomic E-state index is 12.9. The minimum atomic E-state index is -0.305. The summed E-state index contributed by atoms with van der Waals surface area (Å²) in [6.07, 6.45) is -0.225. The van der Waals surface area contributed by atoms with E-state index >= 15 is 0 Å². The summed E-state index contributed by atoms with van der Waals surface area (Å²) < 4.78 is 29.7. The number of anilines is 1. The quantitative estimate of drug-likeness (QED) is 0.515. The van der Waals surface area contributed by atoms with Crippen LogP contribution in [-0.4, -0.2) is 31.8 Å². The summed E-state index contributed by atoms with van der Waals surface area (Å²) in [7, 11) is 0. The van der Waals surface area contributed by atoms with Crippen LogP contribution in [0.5, 0.6) is 17.2 Å². The molecule has 0 saturated carbocycles. The van der Waals surface area contributed by atoms with Gasteiger partial charge in [0, 0.05) is 6.07 Å². The molecule has 1 unspecified atom stereocenters. The fourth-order valence-corrected chi connectivity index (χ4v) is 2.33. The number of nitrogens with two attached hydrogens (primary N) is 1. The molecule has 0 aromatic heterocycles. The number of halogens is 1. The van der Waals surface area contributed by atoms with Gasteiger partial charge in [-0.1, -0.05) is 0 Å². The maximum absolute atomic E-state index is 12.9. The minimum absolute atomic E-state index is 0.225. The number of benzene rings is 2. The fourth-order valence-electron chi connectivity index (χ4n) is 2.33. The standard InChI is InChI=1S/C20H26FN3O3/c1-4-25-17-10-11-19(26-5-2)18(12-17)24-20(22)23-13-14(3)27-16-8-6-15(21)7-9-16/h6-12,14H,4-5,13H2,1-3H3,(H3,22,23,24). The summed E-state index contributed by atoms with van der Waals surface area (Å²) in [6, 6.07) is 11.3. The highest BCUT2D eigenvalue weighted by Crippen LogP contribution is 2.29. The highest BCUT2D eigenvalue weighted by molar-refractivity contribution is 5.94. The lowest BCUT2D eigenvalue weighted by Crippen LogP contribution is -2.26. The first-order valence-electron chi connectivity index (χ1n) is 8.90. The Labute approximate surface area is 159 Å². The summed E-state index contributed by atoms with van der Waals surface area (Å²) in [4.78, 5) is 4.30. The average molecular weight is 375 g/mol. The Bertz CT molecular complexity index is 751. The molecular formula is C20H26FN3O3. The monoisotopic (exact) mass is 375 g/mol. The smallest absolute Gasteiger partial charge is 0.193 e. The van der Waals surface area contributed by atoms with E-state index in [-0.39, 0.29) is 17.9 Å². The van der Waals surface area contributed by atoms with E-state index in [2.05, 4.69) is 10.3 Å². The van der Waals surface area contributed by atoms with Gasteiger partial charge in [0.1, 0.15) is 29.2 Å². The molecule has 1 atom stereocenters. The maximum Gasteiger partial charge on any atom is 0.193 e. The average Bonchev–Trinajstić information content (AvgIpc) is 2.64. The van der Waals surface area contributed by atoms with E-state index in [0.29, 0.717) is 42.7 Å². The first-order chi connectivity index (χ1) is 13.0. The Morgan fingerprint density at radius 1 is 1.07 bits per heavy atom. The van der Waals surface area contributed by atoms with Crippen molar-refractivity contribution in [2.45, 2.75) is 26.9 Å². The van der Waals surface area contributed by atoms with Crippen molar-refractivity contribution < 1.29 is 18.6 Å². The van der Waals surface area contributed by atoms with Crippen LogP contribution in [0.4, 0.5) is 10.1 Å². The van der Waals surface area contributed by atoms with Gasteiger partial charge in [-0.05, 0) is 57.2 Å². The molecule has 146 valence electrons. The number of hydrogen-bond donors (Lipinski definition) is 2. The molecule has 7 heteroatoms. The number of nitrogens with zero attached hydrogens (tertiary/aromatic N) is 1. The van der Waals surface area contributed by atoms with Gasteiger partial charge in [-0.3, -0.25) is 0 Å². The van der Waals surface area contributed by atoms with Crippen LogP contribution in [0.2, 0.25) is 0 Å². The molecule has 0 amide bonds. The van der Waals surface area contributed by atoms with Crippen molar-refractivity contribution in [3.8, 4) is 17.2 Å². The molecule has 0 aliphatic heterocycles. The third-order valence-electron chi connectivity index (χ3n) is 3.49. The van der Waals surface area contributed by atoms with Gasteiger partial charge in [-0.2, -0.15) is 0 Å². The number of aliphatic imine (C=N–C) groups is 1. The van der Waals surface area contributed by atoms with Gasteiger partial charge in [0.25, 0.3) is 0 Å². The Kier molecular flexibility index (Phi) is 7.73. The van der Waals surface area contributed by atoms with Crippen LogP contribution in [0, 0.1) is 5.82 Å². The topological polar surface area (TPSA) is 78.1 Å². The van der Waals surface area contributed by atoms with E-state index in [9.17, 15) is 4.39 Å². The molecule has 2 aromatic carbocycles. The summed E-state index contributed by atoms with van der Waals surface area (Å²) in [5, 5.41) is 3.04. The lowest BCUT2D eigenvalue weighted by molar-refractivity contribution is 0.230. The zero-order chi connectivity index (χ0) is 19.6. The first-order valence-corrected chi connectivity index (χ1v) is 8.90. The molecule has 3 N–H and O–H groups in total. The molecule has 0 saturated heterocycles. The van der Waals surface area contributed by atoms with Gasteiger partial charge >= 0.3 is 0 Å². The van der Waals surface area contributed by atoms with E-state index in [1.807, 2.05) is 39.0 Å². The molecule has 0 aliphatic carbocycles. The molecule has 0 aliphatic rings. The van der Waals surface area contributed by atoms with Crippen LogP contribution >= 0.6 is 0 Å². The van der Waals surface area contributed by atoms with E-state index < -0.39 is 0 Å². The predicted octanol–water partition coefficient (Wildman–Crippen LogP) is 3.82. The van der Waals surface area contributed by atoms with Crippen LogP contribution in [0.3, 0.4) is 0 Å². The van der Waals surface area contributed by atoms with E-state index in [4.69, 9.17) is 19.9 Å². The van der Waals surface area contributed by atoms with E-state index in [1.54, 1.807) is 12.1 Å². The summed E-state index contributed by atoms with van der Waals surface area (Å²) >= 11 is 0. The van der Waals surface area contributed by atoms with Gasteiger partial charge in [0.15, 0.2) is 5.96 Å². The molecule has 0 fully saturated rings. The minimum Gasteiger partial charge on any atom is -0.494 e. The lowest BCUT2D eigenvalue weighted by Gasteiger charge is -2.15. The third kappa shape index (κ3) is 6.69. The third-order valence-corrected chi connectivity index (χ3v) is 3.49. The van der Waals surface area contributed by atoms with Gasteiger partial charge in [-0.15, -0.1) is 0 Å². The molecule has 2 rings (SSSR count). The van der Waals surface area contributed by atoms with Crippen LogP contribution < -0.4 is 25.3 Å². The van der Waals surface area contributed by atoms with Crippen LogP contribution in [0.25, 0.3) is 0 Å². The Balaban J connectivity index is 1.99. The second-order valence-electron chi connectivity index (χ2n) is 5.76. The van der Waals surface area contributed by atoms with Gasteiger partial charge in [0.2, 0.25) is 0 Å². The largest absolute Gasteiger partial charge is 0.494 e. The highest BCUT2D eigenvalue weighted by Gasteiger charge is 2.08. The first kappa shape index (κ1) is 20.4. The number of ether oxygens (including phenoxy) is 3. The van der Waals surface area contributed by atoms with Crippen LogP contribution in [-0.2, 0) is 0 Å². The highest BCUT2D eigenvalue weighted by atomic mass is 19.1. The molecule has 0 spiro atoms. The van der Waals surface area contributed by atoms with Crippen molar-refractivity contribution in [1.82, 2.24) is 0 Å². The second kappa shape index (κ2) is 10.3.